The number of fused-ring (bicyclic) bond motifs is 2. The Hall–Kier alpha value is -3.62. The number of alkyl halides is 1. The summed E-state index contributed by atoms with van der Waals surface area (Å²) in [5, 5.41) is 0.910. The van der Waals surface area contributed by atoms with E-state index in [2.05, 4.69) is 9.88 Å². The molecule has 1 saturated heterocycles. The second kappa shape index (κ2) is 7.94. The Kier molecular flexibility index (Phi) is 4.84. The highest BCUT2D eigenvalue weighted by molar-refractivity contribution is 6.00. The molecular weight excluding hydrogens is 473 g/mol. The number of pyridine rings is 1. The number of carbonyl (C=O) groups excluding carboxylic acids is 1. The van der Waals surface area contributed by atoms with Crippen molar-refractivity contribution < 1.29 is 18.7 Å². The molecule has 3 aliphatic rings. The van der Waals surface area contributed by atoms with E-state index in [9.17, 15) is 9.18 Å². The summed E-state index contributed by atoms with van der Waals surface area (Å²) < 4.78 is 28.4. The predicted molar refractivity (Wildman–Crippen MR) is 137 cm³/mol. The molecule has 0 radical (unpaired) electrons. The zero-order valence-corrected chi connectivity index (χ0v) is 21.4. The topological polar surface area (TPSA) is 74.4 Å². The maximum atomic E-state index is 13.6. The smallest absolute Gasteiger partial charge is 0.254 e. The van der Waals surface area contributed by atoms with Gasteiger partial charge in [-0.05, 0) is 61.8 Å². The molecule has 3 aromatic heterocycles. The summed E-state index contributed by atoms with van der Waals surface area (Å²) in [6, 6.07) is 9.73. The van der Waals surface area contributed by atoms with Crippen LogP contribution in [0.15, 0.2) is 30.3 Å². The second-order valence-corrected chi connectivity index (χ2v) is 10.6. The molecule has 0 N–H and O–H groups in total. The van der Waals surface area contributed by atoms with Crippen LogP contribution in [0.4, 0.5) is 4.39 Å². The molecule has 2 aliphatic carbocycles. The monoisotopic (exact) mass is 503 g/mol. The molecule has 0 spiro atoms. The van der Waals surface area contributed by atoms with E-state index in [0.717, 1.165) is 47.2 Å². The molecule has 7 rings (SSSR count). The molecule has 4 heterocycles. The van der Waals surface area contributed by atoms with Crippen molar-refractivity contribution in [2.75, 3.05) is 13.7 Å². The van der Waals surface area contributed by atoms with Gasteiger partial charge in [0.25, 0.3) is 5.91 Å². The van der Waals surface area contributed by atoms with Crippen LogP contribution in [-0.4, -0.2) is 56.0 Å². The third kappa shape index (κ3) is 3.15. The fourth-order valence-electron chi connectivity index (χ4n) is 7.03. The van der Waals surface area contributed by atoms with E-state index >= 15 is 0 Å². The van der Waals surface area contributed by atoms with Crippen LogP contribution in [0.2, 0.25) is 0 Å². The van der Waals surface area contributed by atoms with E-state index in [4.69, 9.17) is 14.5 Å². The van der Waals surface area contributed by atoms with Crippen LogP contribution in [0.1, 0.15) is 37.0 Å². The van der Waals surface area contributed by atoms with Crippen LogP contribution < -0.4 is 9.47 Å². The fourth-order valence-corrected chi connectivity index (χ4v) is 7.03. The summed E-state index contributed by atoms with van der Waals surface area (Å²) in [6.07, 6.45) is 0.977. The molecule has 1 aliphatic heterocycles. The molecular formula is C28H30FN5O3. The van der Waals surface area contributed by atoms with Crippen LogP contribution in [0.3, 0.4) is 0 Å². The minimum Gasteiger partial charge on any atom is -0.494 e. The first-order valence-corrected chi connectivity index (χ1v) is 13.0. The summed E-state index contributed by atoms with van der Waals surface area (Å²) in [5.41, 5.74) is 3.74. The first kappa shape index (κ1) is 22.6. The number of ether oxygens (including phenoxy) is 2. The standard InChI is InChI=1S/C28H30FN5O3/c1-5-33-21(10-15-6-7-23(31-26(15)33)37-14(2)29)27-30-19-9-17(12-22(36-4)25(19)32(27)3)28(35)34-13-18-8-16-11-20(34)24(16)18/h6-7,9-10,12,14,16,18,20,24H,5,8,11,13H2,1-4H3/t14?,16?,18-,20-,24-/m1/s1. The number of rotatable bonds is 6. The lowest BCUT2D eigenvalue weighted by molar-refractivity contribution is -0.0204. The minimum atomic E-state index is -1.44. The van der Waals surface area contributed by atoms with Gasteiger partial charge >= 0.3 is 0 Å². The van der Waals surface area contributed by atoms with Crippen molar-refractivity contribution in [3.8, 4) is 23.1 Å². The predicted octanol–water partition coefficient (Wildman–Crippen LogP) is 4.79. The number of halogens is 1. The van der Waals surface area contributed by atoms with Gasteiger partial charge in [-0.2, -0.15) is 4.98 Å². The van der Waals surface area contributed by atoms with Gasteiger partial charge in [0.15, 0.2) is 5.82 Å². The highest BCUT2D eigenvalue weighted by Crippen LogP contribution is 2.60. The van der Waals surface area contributed by atoms with Crippen molar-refractivity contribution in [3.63, 3.8) is 0 Å². The molecule has 8 nitrogen and oxygen atoms in total. The number of aromatic nitrogens is 4. The Morgan fingerprint density at radius 3 is 2.73 bits per heavy atom. The molecule has 2 saturated carbocycles. The van der Waals surface area contributed by atoms with Crippen LogP contribution in [-0.2, 0) is 13.6 Å². The fraction of sp³-hybridized carbons (Fsp3) is 0.464. The van der Waals surface area contributed by atoms with Crippen molar-refractivity contribution in [1.29, 1.82) is 0 Å². The van der Waals surface area contributed by atoms with Gasteiger partial charge in [0, 0.05) is 50.1 Å². The van der Waals surface area contributed by atoms with Crippen molar-refractivity contribution in [2.24, 2.45) is 24.8 Å². The Balaban J connectivity index is 1.32. The zero-order chi connectivity index (χ0) is 25.6. The Bertz CT molecular complexity index is 1570. The van der Waals surface area contributed by atoms with Gasteiger partial charge in [0.1, 0.15) is 16.9 Å². The number of benzene rings is 1. The number of carbonyl (C=O) groups is 1. The molecule has 1 aromatic carbocycles. The molecule has 0 bridgehead atoms. The molecule has 37 heavy (non-hydrogen) atoms. The minimum absolute atomic E-state index is 0.0757. The van der Waals surface area contributed by atoms with Crippen molar-refractivity contribution in [1.82, 2.24) is 24.0 Å². The van der Waals surface area contributed by atoms with E-state index in [1.807, 2.05) is 47.4 Å². The molecule has 9 heteroatoms. The van der Waals surface area contributed by atoms with Crippen molar-refractivity contribution in [2.45, 2.75) is 45.6 Å². The molecule has 5 atom stereocenters. The third-order valence-electron chi connectivity index (χ3n) is 8.72. The quantitative estimate of drug-likeness (QED) is 0.378. The lowest BCUT2D eigenvalue weighted by Crippen LogP contribution is -2.53. The van der Waals surface area contributed by atoms with Crippen LogP contribution in [0.25, 0.3) is 33.6 Å². The van der Waals surface area contributed by atoms with E-state index in [-0.39, 0.29) is 11.8 Å². The number of methoxy groups -OCH3 is 1. The number of hydrogen-bond acceptors (Lipinski definition) is 5. The number of hydrogen-bond donors (Lipinski definition) is 0. The Morgan fingerprint density at radius 2 is 2.03 bits per heavy atom. The highest BCUT2D eigenvalue weighted by atomic mass is 19.1. The van der Waals surface area contributed by atoms with Gasteiger partial charge in [-0.25, -0.2) is 9.37 Å². The zero-order valence-electron chi connectivity index (χ0n) is 21.4. The summed E-state index contributed by atoms with van der Waals surface area (Å²) in [4.78, 5) is 25.2. The van der Waals surface area contributed by atoms with E-state index in [1.165, 1.54) is 13.3 Å². The van der Waals surface area contributed by atoms with Crippen LogP contribution >= 0.6 is 0 Å². The van der Waals surface area contributed by atoms with Crippen molar-refractivity contribution in [3.05, 3.63) is 35.9 Å². The van der Waals surface area contributed by atoms with E-state index < -0.39 is 6.36 Å². The van der Waals surface area contributed by atoms with Gasteiger partial charge < -0.3 is 23.5 Å². The summed E-state index contributed by atoms with van der Waals surface area (Å²) in [6.45, 7) is 4.88. The largest absolute Gasteiger partial charge is 0.494 e. The summed E-state index contributed by atoms with van der Waals surface area (Å²) >= 11 is 0. The summed E-state index contributed by atoms with van der Waals surface area (Å²) in [5.74, 6) is 3.92. The van der Waals surface area contributed by atoms with Crippen LogP contribution in [0.5, 0.6) is 11.6 Å². The van der Waals surface area contributed by atoms with Gasteiger partial charge in [-0.1, -0.05) is 0 Å². The SMILES string of the molecule is CCn1c(-c2nc3cc(C(=O)N4C[C@H]5CC6C[C@@H]4[C@H]65)cc(OC)c3n2C)cc2ccc(OC(C)F)nc21. The molecule has 3 fully saturated rings. The summed E-state index contributed by atoms with van der Waals surface area (Å²) in [7, 11) is 3.58. The maximum absolute atomic E-state index is 13.6. The first-order valence-electron chi connectivity index (χ1n) is 13.0. The first-order chi connectivity index (χ1) is 17.9. The van der Waals surface area contributed by atoms with Gasteiger partial charge in [-0.3, -0.25) is 4.79 Å². The number of imidazole rings is 1. The van der Waals surface area contributed by atoms with E-state index in [0.29, 0.717) is 41.0 Å². The third-order valence-corrected chi connectivity index (χ3v) is 8.72. The lowest BCUT2D eigenvalue weighted by atomic mass is 9.53. The average Bonchev–Trinajstić information content (AvgIpc) is 3.39. The van der Waals surface area contributed by atoms with Crippen molar-refractivity contribution >= 4 is 28.0 Å². The van der Waals surface area contributed by atoms with E-state index in [1.54, 1.807) is 13.2 Å². The average molecular weight is 504 g/mol. The Morgan fingerprint density at radius 1 is 1.19 bits per heavy atom. The maximum Gasteiger partial charge on any atom is 0.254 e. The number of nitrogens with zero attached hydrogens (tertiary/aromatic N) is 5. The molecule has 192 valence electrons. The number of aryl methyl sites for hydroxylation is 2. The molecule has 1 amide bonds. The Labute approximate surface area is 214 Å². The number of likely N-dealkylation sites (tertiary alicyclic amines) is 1. The van der Waals surface area contributed by atoms with Gasteiger partial charge in [0.2, 0.25) is 12.2 Å². The second-order valence-electron chi connectivity index (χ2n) is 10.6. The molecule has 2 unspecified atom stereocenters. The highest BCUT2D eigenvalue weighted by Gasteiger charge is 2.61. The van der Waals surface area contributed by atoms with Gasteiger partial charge in [0.05, 0.1) is 18.3 Å². The normalized spacial score (nSPS) is 24.6. The molecule has 4 aromatic rings. The van der Waals surface area contributed by atoms with Crippen LogP contribution in [0, 0.1) is 17.8 Å². The number of amides is 1. The lowest BCUT2D eigenvalue weighted by Gasteiger charge is -2.52. The van der Waals surface area contributed by atoms with Gasteiger partial charge in [-0.15, -0.1) is 0 Å².